The van der Waals surface area contributed by atoms with Crippen molar-refractivity contribution in [2.24, 2.45) is 0 Å². The zero-order valence-corrected chi connectivity index (χ0v) is 19.8. The first-order valence-corrected chi connectivity index (χ1v) is 11.2. The van der Waals surface area contributed by atoms with Crippen LogP contribution in [0.3, 0.4) is 0 Å². The van der Waals surface area contributed by atoms with Gasteiger partial charge in [0.15, 0.2) is 23.3 Å². The average Bonchev–Trinajstić information content (AvgIpc) is 2.84. The van der Waals surface area contributed by atoms with Gasteiger partial charge >= 0.3 is 6.18 Å². The molecule has 3 rings (SSSR count). The highest BCUT2D eigenvalue weighted by molar-refractivity contribution is 8.00. The molecule has 0 spiro atoms. The molecule has 37 heavy (non-hydrogen) atoms. The number of benzene rings is 3. The molecule has 0 aromatic heterocycles. The maximum atomic E-state index is 14.1. The summed E-state index contributed by atoms with van der Waals surface area (Å²) in [5.41, 5.74) is -3.73. The number of amides is 2. The van der Waals surface area contributed by atoms with Crippen LogP contribution in [-0.2, 0) is 11.0 Å². The molecule has 2 amide bonds. The maximum Gasteiger partial charge on any atom is 0.422 e. The molecule has 0 aliphatic carbocycles. The van der Waals surface area contributed by atoms with Crippen LogP contribution in [0, 0.1) is 23.3 Å². The summed E-state index contributed by atoms with van der Waals surface area (Å²) in [6, 6.07) is 12.5. The van der Waals surface area contributed by atoms with Gasteiger partial charge in [0.1, 0.15) is 17.0 Å². The number of carbonyl (C=O) groups excluding carboxylic acids is 2. The van der Waals surface area contributed by atoms with Gasteiger partial charge in [-0.1, -0.05) is 6.07 Å². The van der Waals surface area contributed by atoms with Crippen molar-refractivity contribution in [2.45, 2.75) is 23.2 Å². The van der Waals surface area contributed by atoms with E-state index in [0.29, 0.717) is 21.9 Å². The third kappa shape index (κ3) is 6.34. The smallest absolute Gasteiger partial charge is 0.422 e. The zero-order chi connectivity index (χ0) is 27.5. The van der Waals surface area contributed by atoms with Crippen LogP contribution in [0.5, 0.6) is 5.75 Å². The molecular weight excluding hydrogens is 529 g/mol. The van der Waals surface area contributed by atoms with Gasteiger partial charge in [0.05, 0.1) is 12.4 Å². The second-order valence-electron chi connectivity index (χ2n) is 7.46. The van der Waals surface area contributed by atoms with Crippen LogP contribution in [0.2, 0.25) is 0 Å². The summed E-state index contributed by atoms with van der Waals surface area (Å²) in [5, 5.41) is 3.13. The zero-order valence-electron chi connectivity index (χ0n) is 19.0. The quantitative estimate of drug-likeness (QED) is 0.198. The molecule has 5 nitrogen and oxygen atoms in total. The van der Waals surface area contributed by atoms with Gasteiger partial charge in [0, 0.05) is 16.1 Å². The van der Waals surface area contributed by atoms with Crippen molar-refractivity contribution in [2.75, 3.05) is 17.7 Å². The van der Waals surface area contributed by atoms with E-state index in [2.05, 4.69) is 5.32 Å². The highest BCUT2D eigenvalue weighted by Crippen LogP contribution is 2.38. The number of anilines is 2. The van der Waals surface area contributed by atoms with Gasteiger partial charge in [0.25, 0.3) is 5.91 Å². The summed E-state index contributed by atoms with van der Waals surface area (Å²) in [6.07, 6.45) is -5.70. The molecular formula is C24H17F7N2O3S. The van der Waals surface area contributed by atoms with E-state index in [-0.39, 0.29) is 0 Å². The largest absolute Gasteiger partial charge is 0.497 e. The predicted molar refractivity (Wildman–Crippen MR) is 123 cm³/mol. The van der Waals surface area contributed by atoms with E-state index in [4.69, 9.17) is 4.74 Å². The lowest BCUT2D eigenvalue weighted by atomic mass is 10.1. The third-order valence-electron chi connectivity index (χ3n) is 4.92. The number of ether oxygens (including phenoxy) is 1. The topological polar surface area (TPSA) is 67.4 Å². The van der Waals surface area contributed by atoms with Crippen LogP contribution in [-0.4, -0.2) is 24.2 Å². The Morgan fingerprint density at radius 2 is 1.49 bits per heavy atom. The average molecular weight is 546 g/mol. The molecule has 0 aliphatic heterocycles. The first-order chi connectivity index (χ1) is 17.3. The third-order valence-corrected chi connectivity index (χ3v) is 6.01. The van der Waals surface area contributed by atoms with Gasteiger partial charge in [-0.2, -0.15) is 13.2 Å². The lowest BCUT2D eigenvalue weighted by Crippen LogP contribution is -2.25. The highest BCUT2D eigenvalue weighted by Gasteiger charge is 2.42. The van der Waals surface area contributed by atoms with Gasteiger partial charge in [-0.3, -0.25) is 9.59 Å². The van der Waals surface area contributed by atoms with Crippen molar-refractivity contribution in [3.8, 4) is 5.75 Å². The number of hydrogen-bond acceptors (Lipinski definition) is 4. The van der Waals surface area contributed by atoms with E-state index >= 15 is 0 Å². The second-order valence-corrected chi connectivity index (χ2v) is 8.88. The molecule has 1 atom stereocenters. The van der Waals surface area contributed by atoms with Crippen molar-refractivity contribution in [1.82, 2.24) is 0 Å². The molecule has 0 saturated carbocycles. The van der Waals surface area contributed by atoms with Crippen molar-refractivity contribution >= 4 is 35.0 Å². The Morgan fingerprint density at radius 1 is 0.892 bits per heavy atom. The molecule has 2 N–H and O–H groups in total. The van der Waals surface area contributed by atoms with Crippen molar-refractivity contribution in [3.05, 3.63) is 82.9 Å². The van der Waals surface area contributed by atoms with E-state index in [1.165, 1.54) is 20.1 Å². The number of halogens is 7. The number of alkyl halides is 3. The van der Waals surface area contributed by atoms with E-state index in [0.717, 1.165) is 11.8 Å². The first kappa shape index (κ1) is 27.8. The van der Waals surface area contributed by atoms with Gasteiger partial charge in [-0.05, 0) is 49.4 Å². The summed E-state index contributed by atoms with van der Waals surface area (Å²) in [6.45, 7) is 1.29. The van der Waals surface area contributed by atoms with Crippen LogP contribution < -0.4 is 15.4 Å². The summed E-state index contributed by atoms with van der Waals surface area (Å²) >= 11 is 0.848. The molecule has 0 heterocycles. The van der Waals surface area contributed by atoms with E-state index in [9.17, 15) is 40.3 Å². The number of thioether (sulfide) groups is 1. The fraction of sp³-hybridized carbons (Fsp3) is 0.167. The van der Waals surface area contributed by atoms with Crippen molar-refractivity contribution < 1.29 is 45.1 Å². The molecule has 3 aromatic rings. The standard InChI is InChI=1S/C24H17F7N2O3S/c1-11(22(34)33-21-19(27)17(25)16(24(29,30)31)18(26)20(21)28)37-15-5-3-4-13(10-15)32-23(35)12-6-8-14(36-2)9-7-12/h3-11H,1-2H3,(H,32,35)(H,33,34). The second kappa shape index (κ2) is 11.1. The number of rotatable bonds is 7. The first-order valence-electron chi connectivity index (χ1n) is 10.3. The Labute approximate surface area is 210 Å². The molecule has 0 fully saturated rings. The van der Waals surface area contributed by atoms with Crippen LogP contribution >= 0.6 is 11.8 Å². The number of carbonyl (C=O) groups is 2. The molecule has 13 heteroatoms. The van der Waals surface area contributed by atoms with Gasteiger partial charge < -0.3 is 15.4 Å². The molecule has 0 aliphatic rings. The fourth-order valence-electron chi connectivity index (χ4n) is 3.07. The summed E-state index contributed by atoms with van der Waals surface area (Å²) in [5.74, 6) is -11.2. The van der Waals surface area contributed by atoms with E-state index in [1.807, 2.05) is 0 Å². The minimum absolute atomic E-state index is 0.340. The Kier molecular flexibility index (Phi) is 8.36. The lowest BCUT2D eigenvalue weighted by Gasteiger charge is -2.16. The summed E-state index contributed by atoms with van der Waals surface area (Å²) < 4.78 is 99.0. The van der Waals surface area contributed by atoms with Crippen LogP contribution in [0.4, 0.5) is 42.1 Å². The molecule has 3 aromatic carbocycles. The summed E-state index contributed by atoms with van der Waals surface area (Å²) in [7, 11) is 1.48. The monoisotopic (exact) mass is 546 g/mol. The predicted octanol–water partition coefficient (Wildman–Crippen LogP) is 6.64. The number of hydrogen-bond donors (Lipinski definition) is 2. The van der Waals surface area contributed by atoms with Crippen LogP contribution in [0.25, 0.3) is 0 Å². The number of nitrogens with one attached hydrogen (secondary N) is 2. The maximum absolute atomic E-state index is 14.1. The Morgan fingerprint density at radius 3 is 2.03 bits per heavy atom. The SMILES string of the molecule is COc1ccc(C(=O)Nc2cccc(SC(C)C(=O)Nc3c(F)c(F)c(C(F)(F)F)c(F)c3F)c2)cc1. The Balaban J connectivity index is 1.72. The lowest BCUT2D eigenvalue weighted by molar-refractivity contribution is -0.143. The molecule has 196 valence electrons. The minimum atomic E-state index is -5.70. The Bertz CT molecular complexity index is 1300. The van der Waals surface area contributed by atoms with E-state index < -0.39 is 57.8 Å². The van der Waals surface area contributed by atoms with Gasteiger partial charge in [-0.25, -0.2) is 17.6 Å². The molecule has 0 radical (unpaired) electrons. The van der Waals surface area contributed by atoms with Crippen LogP contribution in [0.15, 0.2) is 53.4 Å². The highest BCUT2D eigenvalue weighted by atomic mass is 32.2. The van der Waals surface area contributed by atoms with Gasteiger partial charge in [-0.15, -0.1) is 11.8 Å². The Hall–Kier alpha value is -3.74. The normalized spacial score (nSPS) is 12.1. The number of methoxy groups -OCH3 is 1. The van der Waals surface area contributed by atoms with Crippen molar-refractivity contribution in [1.29, 1.82) is 0 Å². The van der Waals surface area contributed by atoms with Crippen LogP contribution in [0.1, 0.15) is 22.8 Å². The minimum Gasteiger partial charge on any atom is -0.497 e. The summed E-state index contributed by atoms with van der Waals surface area (Å²) in [4.78, 5) is 25.3. The fourth-order valence-corrected chi connectivity index (χ4v) is 3.99. The van der Waals surface area contributed by atoms with E-state index in [1.54, 1.807) is 47.8 Å². The van der Waals surface area contributed by atoms with Crippen molar-refractivity contribution in [3.63, 3.8) is 0 Å². The molecule has 1 unspecified atom stereocenters. The van der Waals surface area contributed by atoms with Gasteiger partial charge in [0.2, 0.25) is 5.91 Å². The molecule has 0 bridgehead atoms. The molecule has 0 saturated heterocycles.